The number of likely N-dealkylation sites (tertiary alicyclic amines) is 1. The van der Waals surface area contributed by atoms with Crippen LogP contribution in [-0.4, -0.2) is 44.5 Å². The Kier molecular flexibility index (Phi) is 5.11. The largest absolute Gasteiger partial charge is 0.492 e. The Labute approximate surface area is 130 Å². The molecule has 1 fully saturated rings. The molecule has 1 saturated heterocycles. The average Bonchev–Trinajstić information content (AvgIpc) is 2.99. The Bertz CT molecular complexity index is 513. The van der Waals surface area contributed by atoms with E-state index >= 15 is 0 Å². The van der Waals surface area contributed by atoms with Gasteiger partial charge in [0.2, 0.25) is 0 Å². The zero-order chi connectivity index (χ0) is 15.6. The number of carbonyl (C=O) groups is 1. The summed E-state index contributed by atoms with van der Waals surface area (Å²) in [5, 5.41) is 4.29. The number of methoxy groups -OCH3 is 1. The van der Waals surface area contributed by atoms with E-state index in [1.165, 1.54) is 17.8 Å². The lowest BCUT2D eigenvalue weighted by Crippen LogP contribution is -2.18. The van der Waals surface area contributed by atoms with E-state index < -0.39 is 0 Å². The van der Waals surface area contributed by atoms with Crippen molar-refractivity contribution in [3.8, 4) is 5.75 Å². The van der Waals surface area contributed by atoms with E-state index in [0.29, 0.717) is 22.2 Å². The number of hydrogen-bond acceptors (Lipinski definition) is 6. The van der Waals surface area contributed by atoms with Crippen molar-refractivity contribution in [3.63, 3.8) is 0 Å². The number of anilines is 2. The Balaban J connectivity index is 2.11. The smallest absolute Gasteiger partial charge is 0.177 e. The first-order chi connectivity index (χ1) is 9.93. The molecule has 2 heterocycles. The number of rotatable bonds is 6. The molecule has 2 rings (SSSR count). The Hall–Kier alpha value is -1.27. The highest BCUT2D eigenvalue weighted by atomic mass is 32.1. The van der Waals surface area contributed by atoms with Gasteiger partial charge < -0.3 is 20.7 Å². The van der Waals surface area contributed by atoms with E-state index in [0.717, 1.165) is 24.6 Å². The maximum atomic E-state index is 12.2. The number of nitrogen functional groups attached to an aromatic ring is 1. The van der Waals surface area contributed by atoms with Gasteiger partial charge in [-0.05, 0) is 25.9 Å². The monoisotopic (exact) mass is 311 g/mol. The first kappa shape index (κ1) is 16.1. The van der Waals surface area contributed by atoms with Gasteiger partial charge in [-0.15, -0.1) is 11.3 Å². The van der Waals surface area contributed by atoms with E-state index in [9.17, 15) is 4.79 Å². The van der Waals surface area contributed by atoms with Crippen molar-refractivity contribution < 1.29 is 9.53 Å². The van der Waals surface area contributed by atoms with Gasteiger partial charge in [0.25, 0.3) is 0 Å². The Morgan fingerprint density at radius 2 is 2.29 bits per heavy atom. The summed E-state index contributed by atoms with van der Waals surface area (Å²) in [6, 6.07) is 0. The van der Waals surface area contributed by atoms with Gasteiger partial charge in [-0.2, -0.15) is 0 Å². The van der Waals surface area contributed by atoms with Crippen molar-refractivity contribution in [3.05, 3.63) is 4.88 Å². The molecular formula is C15H25N3O2S. The molecule has 0 aromatic carbocycles. The van der Waals surface area contributed by atoms with E-state index in [1.54, 1.807) is 7.11 Å². The molecular weight excluding hydrogens is 286 g/mol. The minimum atomic E-state index is -0.0630. The molecule has 3 N–H and O–H groups in total. The third kappa shape index (κ3) is 3.49. The summed E-state index contributed by atoms with van der Waals surface area (Å²) in [5.41, 5.74) is 6.54. The number of hydrogen-bond donors (Lipinski definition) is 2. The molecule has 0 aliphatic carbocycles. The number of ether oxygens (including phenoxy) is 1. The van der Waals surface area contributed by atoms with Gasteiger partial charge in [0.05, 0.1) is 17.7 Å². The molecule has 0 spiro atoms. The zero-order valence-corrected chi connectivity index (χ0v) is 14.0. The summed E-state index contributed by atoms with van der Waals surface area (Å²) in [4.78, 5) is 15.1. The van der Waals surface area contributed by atoms with E-state index in [-0.39, 0.29) is 11.7 Å². The molecule has 6 heteroatoms. The second-order valence-corrected chi connectivity index (χ2v) is 7.04. The lowest BCUT2D eigenvalue weighted by Gasteiger charge is -2.12. The van der Waals surface area contributed by atoms with Crippen LogP contribution in [0.1, 0.15) is 29.9 Å². The molecule has 0 amide bonds. The molecule has 1 atom stereocenters. The van der Waals surface area contributed by atoms with Crippen LogP contribution in [0.15, 0.2) is 0 Å². The molecule has 0 bridgehead atoms. The number of Topliss-reactive ketones (excluding diaryl/α,β-unsaturated/α-hetero) is 1. The van der Waals surface area contributed by atoms with Gasteiger partial charge >= 0.3 is 0 Å². The number of carbonyl (C=O) groups excluding carboxylic acids is 1. The topological polar surface area (TPSA) is 67.6 Å². The summed E-state index contributed by atoms with van der Waals surface area (Å²) in [5.74, 6) is 1.25. The average molecular weight is 311 g/mol. The van der Waals surface area contributed by atoms with Crippen LogP contribution in [0.2, 0.25) is 0 Å². The maximum Gasteiger partial charge on any atom is 0.177 e. The molecule has 1 aliphatic rings. The molecule has 21 heavy (non-hydrogen) atoms. The van der Waals surface area contributed by atoms with Crippen molar-refractivity contribution in [2.24, 2.45) is 11.8 Å². The van der Waals surface area contributed by atoms with E-state index in [4.69, 9.17) is 10.5 Å². The molecule has 1 aromatic rings. The number of nitrogens with zero attached hydrogens (tertiary/aromatic N) is 1. The summed E-state index contributed by atoms with van der Waals surface area (Å²) < 4.78 is 5.38. The Morgan fingerprint density at radius 1 is 1.57 bits per heavy atom. The molecule has 1 aliphatic heterocycles. The Morgan fingerprint density at radius 3 is 2.81 bits per heavy atom. The normalized spacial score (nSPS) is 19.2. The minimum Gasteiger partial charge on any atom is -0.492 e. The van der Waals surface area contributed by atoms with Crippen LogP contribution in [-0.2, 0) is 0 Å². The highest BCUT2D eigenvalue weighted by Gasteiger charge is 2.25. The second kappa shape index (κ2) is 6.66. The van der Waals surface area contributed by atoms with Crippen LogP contribution in [0.25, 0.3) is 0 Å². The SMILES string of the molecule is COc1c(NCC2CCN(C)C2)sc(C(=O)C(C)C)c1N. The summed E-state index contributed by atoms with van der Waals surface area (Å²) >= 11 is 1.41. The van der Waals surface area contributed by atoms with Gasteiger partial charge in [-0.25, -0.2) is 0 Å². The molecule has 5 nitrogen and oxygen atoms in total. The predicted octanol–water partition coefficient (Wildman–Crippen LogP) is 2.54. The third-order valence-corrected chi connectivity index (χ3v) is 5.05. The predicted molar refractivity (Wildman–Crippen MR) is 88.5 cm³/mol. The number of nitrogens with one attached hydrogen (secondary N) is 1. The van der Waals surface area contributed by atoms with E-state index in [1.807, 2.05) is 13.8 Å². The van der Waals surface area contributed by atoms with Crippen molar-refractivity contribution in [1.82, 2.24) is 4.90 Å². The molecule has 118 valence electrons. The zero-order valence-electron chi connectivity index (χ0n) is 13.2. The van der Waals surface area contributed by atoms with E-state index in [2.05, 4.69) is 17.3 Å². The number of thiophene rings is 1. The number of nitrogens with two attached hydrogens (primary N) is 1. The van der Waals surface area contributed by atoms with Crippen molar-refractivity contribution in [2.75, 3.05) is 44.8 Å². The third-order valence-electron chi connectivity index (χ3n) is 3.89. The van der Waals surface area contributed by atoms with Gasteiger partial charge in [-0.3, -0.25) is 4.79 Å². The molecule has 0 radical (unpaired) electrons. The van der Waals surface area contributed by atoms with Crippen LogP contribution in [0.3, 0.4) is 0 Å². The fourth-order valence-electron chi connectivity index (χ4n) is 2.62. The quantitative estimate of drug-likeness (QED) is 0.790. The summed E-state index contributed by atoms with van der Waals surface area (Å²) in [7, 11) is 3.74. The first-order valence-electron chi connectivity index (χ1n) is 7.36. The van der Waals surface area contributed by atoms with Crippen molar-refractivity contribution in [2.45, 2.75) is 20.3 Å². The summed E-state index contributed by atoms with van der Waals surface area (Å²) in [6.07, 6.45) is 1.20. The van der Waals surface area contributed by atoms with Crippen LogP contribution in [0.5, 0.6) is 5.75 Å². The standard InChI is InChI=1S/C15H25N3O2S/c1-9(2)12(19)14-11(16)13(20-4)15(21-14)17-7-10-5-6-18(3)8-10/h9-10,17H,5-8,16H2,1-4H3. The van der Waals surface area contributed by atoms with Gasteiger partial charge in [0.15, 0.2) is 11.5 Å². The van der Waals surface area contributed by atoms with Crippen LogP contribution in [0.4, 0.5) is 10.7 Å². The minimum absolute atomic E-state index is 0.0630. The highest BCUT2D eigenvalue weighted by Crippen LogP contribution is 2.43. The molecule has 1 unspecified atom stereocenters. The second-order valence-electron chi connectivity index (χ2n) is 6.02. The fourth-order valence-corrected chi connectivity index (χ4v) is 3.81. The van der Waals surface area contributed by atoms with Crippen LogP contribution >= 0.6 is 11.3 Å². The van der Waals surface area contributed by atoms with Gasteiger partial charge in [-0.1, -0.05) is 13.8 Å². The summed E-state index contributed by atoms with van der Waals surface area (Å²) in [6.45, 7) is 6.90. The fraction of sp³-hybridized carbons (Fsp3) is 0.667. The maximum absolute atomic E-state index is 12.2. The first-order valence-corrected chi connectivity index (χ1v) is 8.18. The van der Waals surface area contributed by atoms with Crippen molar-refractivity contribution >= 4 is 27.8 Å². The van der Waals surface area contributed by atoms with Gasteiger partial charge in [0.1, 0.15) is 5.00 Å². The number of ketones is 1. The highest BCUT2D eigenvalue weighted by molar-refractivity contribution is 7.19. The molecule has 0 saturated carbocycles. The lowest BCUT2D eigenvalue weighted by molar-refractivity contribution is 0.0944. The lowest BCUT2D eigenvalue weighted by atomic mass is 10.1. The van der Waals surface area contributed by atoms with Gasteiger partial charge in [0, 0.05) is 19.0 Å². The molecule has 1 aromatic heterocycles. The van der Waals surface area contributed by atoms with Crippen LogP contribution < -0.4 is 15.8 Å². The van der Waals surface area contributed by atoms with Crippen LogP contribution in [0, 0.1) is 11.8 Å². The van der Waals surface area contributed by atoms with Crippen molar-refractivity contribution in [1.29, 1.82) is 0 Å².